The van der Waals surface area contributed by atoms with Gasteiger partial charge in [0.2, 0.25) is 0 Å². The number of methoxy groups -OCH3 is 1. The molecule has 0 saturated carbocycles. The average Bonchev–Trinajstić information content (AvgIpc) is 2.41. The highest BCUT2D eigenvalue weighted by atomic mass is 19.1. The molecule has 0 rings (SSSR count). The van der Waals surface area contributed by atoms with E-state index < -0.39 is 12.5 Å². The second kappa shape index (κ2) is 11.8. The van der Waals surface area contributed by atoms with E-state index in [1.807, 2.05) is 12.2 Å². The van der Waals surface area contributed by atoms with E-state index in [2.05, 4.69) is 18.5 Å². The topological polar surface area (TPSA) is 21.6 Å². The van der Waals surface area contributed by atoms with E-state index in [1.54, 1.807) is 7.11 Å². The summed E-state index contributed by atoms with van der Waals surface area (Å²) in [6, 6.07) is 0. The normalized spacial score (nSPS) is 14.9. The molecule has 0 radical (unpaired) electrons. The first-order chi connectivity index (χ1) is 9.17. The molecule has 0 aromatic carbocycles. The average molecular weight is 271 g/mol. The lowest BCUT2D eigenvalue weighted by molar-refractivity contribution is 0.221. The molecule has 108 valence electrons. The number of nitrogens with zero attached hydrogens (tertiary/aromatic N) is 1. The number of hydrogen-bond acceptors (Lipinski definition) is 2. The molecule has 0 amide bonds. The van der Waals surface area contributed by atoms with Crippen molar-refractivity contribution in [3.8, 4) is 0 Å². The van der Waals surface area contributed by atoms with E-state index >= 15 is 0 Å². The Balaban J connectivity index is 4.41. The van der Waals surface area contributed by atoms with Crippen LogP contribution in [-0.2, 0) is 4.74 Å². The zero-order valence-electron chi connectivity index (χ0n) is 11.7. The fraction of sp³-hybridized carbons (Fsp3) is 0.533. The number of ether oxygens (including phenoxy) is 1. The molecule has 0 aromatic heterocycles. The third-order valence-electron chi connectivity index (χ3n) is 2.68. The SMILES string of the molecule is C=CC(CC)C/C(=C/CN=C/C(F)=C\CF)COC. The molecular formula is C15H23F2NO. The van der Waals surface area contributed by atoms with Crippen molar-refractivity contribution in [2.24, 2.45) is 10.9 Å². The quantitative estimate of drug-likeness (QED) is 0.434. The van der Waals surface area contributed by atoms with Gasteiger partial charge in [0.25, 0.3) is 0 Å². The molecule has 19 heavy (non-hydrogen) atoms. The van der Waals surface area contributed by atoms with Gasteiger partial charge in [0, 0.05) is 7.11 Å². The van der Waals surface area contributed by atoms with Crippen LogP contribution in [0.15, 0.2) is 41.2 Å². The van der Waals surface area contributed by atoms with Gasteiger partial charge in [-0.1, -0.05) is 19.1 Å². The Bertz CT molecular complexity index is 335. The van der Waals surface area contributed by atoms with Gasteiger partial charge in [0.15, 0.2) is 0 Å². The molecule has 0 aliphatic carbocycles. The molecule has 4 heteroatoms. The lowest BCUT2D eigenvalue weighted by atomic mass is 9.97. The number of rotatable bonds is 10. The second-order valence-electron chi connectivity index (χ2n) is 4.14. The van der Waals surface area contributed by atoms with Crippen LogP contribution in [0.5, 0.6) is 0 Å². The number of alkyl halides is 1. The van der Waals surface area contributed by atoms with Crippen LogP contribution in [0, 0.1) is 5.92 Å². The van der Waals surface area contributed by atoms with Gasteiger partial charge in [-0.2, -0.15) is 0 Å². The van der Waals surface area contributed by atoms with Crippen molar-refractivity contribution in [2.75, 3.05) is 26.9 Å². The molecule has 0 aromatic rings. The number of hydrogen-bond donors (Lipinski definition) is 0. The fourth-order valence-corrected chi connectivity index (χ4v) is 1.57. The molecular weight excluding hydrogens is 248 g/mol. The summed E-state index contributed by atoms with van der Waals surface area (Å²) in [5, 5.41) is 0. The van der Waals surface area contributed by atoms with Crippen LogP contribution >= 0.6 is 0 Å². The van der Waals surface area contributed by atoms with Crippen LogP contribution in [0.25, 0.3) is 0 Å². The van der Waals surface area contributed by atoms with E-state index in [4.69, 9.17) is 4.74 Å². The van der Waals surface area contributed by atoms with Crippen LogP contribution in [0.3, 0.4) is 0 Å². The summed E-state index contributed by atoms with van der Waals surface area (Å²) in [5.74, 6) is -0.240. The third-order valence-corrected chi connectivity index (χ3v) is 2.68. The molecule has 2 nitrogen and oxygen atoms in total. The minimum absolute atomic E-state index is 0.361. The second-order valence-corrected chi connectivity index (χ2v) is 4.14. The Kier molecular flexibility index (Phi) is 11.0. The Labute approximate surface area is 114 Å². The van der Waals surface area contributed by atoms with E-state index in [9.17, 15) is 8.78 Å². The molecule has 1 atom stereocenters. The van der Waals surface area contributed by atoms with Crippen LogP contribution in [-0.4, -0.2) is 33.2 Å². The fourth-order valence-electron chi connectivity index (χ4n) is 1.57. The molecule has 0 spiro atoms. The molecule has 0 aliphatic rings. The van der Waals surface area contributed by atoms with Crippen LogP contribution in [0.4, 0.5) is 8.78 Å². The molecule has 0 heterocycles. The summed E-state index contributed by atoms with van der Waals surface area (Å²) in [4.78, 5) is 3.88. The highest BCUT2D eigenvalue weighted by Crippen LogP contribution is 2.16. The number of allylic oxidation sites excluding steroid dienone is 3. The zero-order valence-corrected chi connectivity index (χ0v) is 11.7. The molecule has 0 bridgehead atoms. The maximum Gasteiger partial charge on any atom is 0.139 e. The van der Waals surface area contributed by atoms with Gasteiger partial charge in [-0.3, -0.25) is 4.99 Å². The molecule has 1 unspecified atom stereocenters. The molecule has 0 saturated heterocycles. The summed E-state index contributed by atoms with van der Waals surface area (Å²) in [6.07, 6.45) is 7.60. The van der Waals surface area contributed by atoms with E-state index in [0.29, 0.717) is 19.1 Å². The zero-order chi connectivity index (χ0) is 14.5. The Morgan fingerprint density at radius 1 is 1.42 bits per heavy atom. The minimum atomic E-state index is -0.819. The third kappa shape index (κ3) is 9.31. The highest BCUT2D eigenvalue weighted by molar-refractivity contribution is 5.75. The molecule has 0 aliphatic heterocycles. The summed E-state index contributed by atoms with van der Waals surface area (Å²) >= 11 is 0. The first-order valence-corrected chi connectivity index (χ1v) is 6.38. The number of aliphatic imine (C=N–C) groups is 1. The van der Waals surface area contributed by atoms with Crippen molar-refractivity contribution in [3.63, 3.8) is 0 Å². The number of halogens is 2. The van der Waals surface area contributed by atoms with Crippen molar-refractivity contribution < 1.29 is 13.5 Å². The van der Waals surface area contributed by atoms with Gasteiger partial charge in [-0.05, 0) is 30.4 Å². The smallest absolute Gasteiger partial charge is 0.139 e. The lowest BCUT2D eigenvalue weighted by Gasteiger charge is -2.12. The summed E-state index contributed by atoms with van der Waals surface area (Å²) in [7, 11) is 1.63. The van der Waals surface area contributed by atoms with Crippen molar-refractivity contribution in [3.05, 3.63) is 36.2 Å². The van der Waals surface area contributed by atoms with E-state index in [-0.39, 0.29) is 0 Å². The Morgan fingerprint density at radius 3 is 2.68 bits per heavy atom. The van der Waals surface area contributed by atoms with Gasteiger partial charge in [0.05, 0.1) is 19.4 Å². The van der Waals surface area contributed by atoms with Gasteiger partial charge < -0.3 is 4.74 Å². The van der Waals surface area contributed by atoms with Crippen LogP contribution < -0.4 is 0 Å². The minimum Gasteiger partial charge on any atom is -0.380 e. The van der Waals surface area contributed by atoms with Crippen LogP contribution in [0.2, 0.25) is 0 Å². The Morgan fingerprint density at radius 2 is 2.16 bits per heavy atom. The molecule has 0 fully saturated rings. The summed E-state index contributed by atoms with van der Waals surface area (Å²) in [5.41, 5.74) is 1.11. The maximum absolute atomic E-state index is 12.8. The first-order valence-electron chi connectivity index (χ1n) is 6.38. The summed E-state index contributed by atoms with van der Waals surface area (Å²) < 4.78 is 29.7. The van der Waals surface area contributed by atoms with Gasteiger partial charge in [-0.15, -0.1) is 6.58 Å². The van der Waals surface area contributed by atoms with Crippen LogP contribution in [0.1, 0.15) is 19.8 Å². The van der Waals surface area contributed by atoms with Crippen molar-refractivity contribution in [1.82, 2.24) is 0 Å². The van der Waals surface area contributed by atoms with E-state index in [0.717, 1.165) is 30.7 Å². The molecule has 0 N–H and O–H groups in total. The lowest BCUT2D eigenvalue weighted by Crippen LogP contribution is -2.02. The maximum atomic E-state index is 12.8. The predicted octanol–water partition coefficient (Wildman–Crippen LogP) is 4.06. The van der Waals surface area contributed by atoms with Gasteiger partial charge in [-0.25, -0.2) is 8.78 Å². The standard InChI is InChI=1S/C15H23F2NO/c1-4-13(5-2)10-14(12-19-3)7-9-18-11-15(17)6-8-16/h4,6-7,11,13H,1,5,8-10,12H2,2-3H3/b14-7-,15-6+,18-11?. The van der Waals surface area contributed by atoms with Gasteiger partial charge >= 0.3 is 0 Å². The van der Waals surface area contributed by atoms with Crippen molar-refractivity contribution in [1.29, 1.82) is 0 Å². The van der Waals surface area contributed by atoms with Gasteiger partial charge in [0.1, 0.15) is 12.5 Å². The van der Waals surface area contributed by atoms with Crippen molar-refractivity contribution >= 4 is 6.21 Å². The Hall–Kier alpha value is -1.29. The predicted molar refractivity (Wildman–Crippen MR) is 77.1 cm³/mol. The largest absolute Gasteiger partial charge is 0.380 e. The van der Waals surface area contributed by atoms with E-state index in [1.165, 1.54) is 0 Å². The highest BCUT2D eigenvalue weighted by Gasteiger charge is 2.05. The summed E-state index contributed by atoms with van der Waals surface area (Å²) in [6.45, 7) is 5.97. The monoisotopic (exact) mass is 271 g/mol. The van der Waals surface area contributed by atoms with Crippen molar-refractivity contribution in [2.45, 2.75) is 19.8 Å². The first kappa shape index (κ1) is 17.7.